The fraction of sp³-hybridized carbons (Fsp3) is 0.500. The topological polar surface area (TPSA) is 46.3 Å². The average molecular weight is 282 g/mol. The molecule has 0 aromatic heterocycles. The Morgan fingerprint density at radius 1 is 1.42 bits per heavy atom. The van der Waals surface area contributed by atoms with Crippen LogP contribution < -0.4 is 5.73 Å². The molecule has 1 atom stereocenters. The quantitative estimate of drug-likeness (QED) is 0.862. The third kappa shape index (κ3) is 4.51. The van der Waals surface area contributed by atoms with E-state index in [-0.39, 0.29) is 17.8 Å². The SMILES string of the molecule is NC1CCCN(C(=O)CCSc2ccc(F)cc2)C1. The van der Waals surface area contributed by atoms with Gasteiger partial charge in [0.1, 0.15) is 5.82 Å². The van der Waals surface area contributed by atoms with Crippen LogP contribution in [0.4, 0.5) is 4.39 Å². The molecule has 1 fully saturated rings. The Balaban J connectivity index is 1.73. The molecule has 0 aliphatic carbocycles. The first-order chi connectivity index (χ1) is 9.15. The Morgan fingerprint density at radius 2 is 2.16 bits per heavy atom. The lowest BCUT2D eigenvalue weighted by Gasteiger charge is -2.30. The van der Waals surface area contributed by atoms with Crippen LogP contribution in [0.5, 0.6) is 0 Å². The van der Waals surface area contributed by atoms with Crippen LogP contribution in [0, 0.1) is 5.82 Å². The van der Waals surface area contributed by atoms with Crippen molar-refractivity contribution in [2.75, 3.05) is 18.8 Å². The van der Waals surface area contributed by atoms with E-state index in [2.05, 4.69) is 0 Å². The maximum atomic E-state index is 12.7. The lowest BCUT2D eigenvalue weighted by Crippen LogP contribution is -2.45. The zero-order chi connectivity index (χ0) is 13.7. The summed E-state index contributed by atoms with van der Waals surface area (Å²) < 4.78 is 12.7. The highest BCUT2D eigenvalue weighted by Gasteiger charge is 2.20. The number of likely N-dealkylation sites (tertiary alicyclic amines) is 1. The minimum atomic E-state index is -0.234. The van der Waals surface area contributed by atoms with Crippen molar-refractivity contribution in [2.45, 2.75) is 30.2 Å². The summed E-state index contributed by atoms with van der Waals surface area (Å²) in [6.07, 6.45) is 2.51. The smallest absolute Gasteiger partial charge is 0.223 e. The van der Waals surface area contributed by atoms with E-state index in [0.29, 0.717) is 13.0 Å². The van der Waals surface area contributed by atoms with E-state index in [1.165, 1.54) is 12.1 Å². The molecule has 0 radical (unpaired) electrons. The lowest BCUT2D eigenvalue weighted by atomic mass is 10.1. The summed E-state index contributed by atoms with van der Waals surface area (Å²) in [5, 5.41) is 0. The molecule has 1 amide bonds. The number of hydrogen-bond donors (Lipinski definition) is 1. The Labute approximate surface area is 117 Å². The van der Waals surface area contributed by atoms with Crippen LogP contribution >= 0.6 is 11.8 Å². The number of hydrogen-bond acceptors (Lipinski definition) is 3. The third-order valence-electron chi connectivity index (χ3n) is 3.21. The van der Waals surface area contributed by atoms with Crippen LogP contribution in [-0.2, 0) is 4.79 Å². The zero-order valence-corrected chi connectivity index (χ0v) is 11.7. The number of halogens is 1. The van der Waals surface area contributed by atoms with E-state index in [9.17, 15) is 9.18 Å². The van der Waals surface area contributed by atoms with Crippen LogP contribution in [-0.4, -0.2) is 35.7 Å². The molecule has 0 bridgehead atoms. The lowest BCUT2D eigenvalue weighted by molar-refractivity contribution is -0.131. The van der Waals surface area contributed by atoms with E-state index in [1.807, 2.05) is 4.90 Å². The van der Waals surface area contributed by atoms with Gasteiger partial charge in [0.2, 0.25) is 5.91 Å². The van der Waals surface area contributed by atoms with Crippen molar-refractivity contribution < 1.29 is 9.18 Å². The van der Waals surface area contributed by atoms with Crippen LogP contribution in [0.15, 0.2) is 29.2 Å². The van der Waals surface area contributed by atoms with Crippen molar-refractivity contribution in [3.8, 4) is 0 Å². The first-order valence-corrected chi connectivity index (χ1v) is 7.55. The van der Waals surface area contributed by atoms with Crippen molar-refractivity contribution in [1.82, 2.24) is 4.90 Å². The second kappa shape index (κ2) is 6.91. The van der Waals surface area contributed by atoms with Crippen molar-refractivity contribution in [2.24, 2.45) is 5.73 Å². The molecule has 5 heteroatoms. The molecule has 1 aliphatic rings. The number of benzene rings is 1. The number of carbonyl (C=O) groups is 1. The first-order valence-electron chi connectivity index (χ1n) is 6.57. The molecule has 2 N–H and O–H groups in total. The first kappa shape index (κ1) is 14.3. The van der Waals surface area contributed by atoms with E-state index < -0.39 is 0 Å². The number of nitrogens with zero attached hydrogens (tertiary/aromatic N) is 1. The molecule has 104 valence electrons. The van der Waals surface area contributed by atoms with E-state index >= 15 is 0 Å². The molecule has 1 aromatic carbocycles. The third-order valence-corrected chi connectivity index (χ3v) is 4.22. The number of nitrogens with two attached hydrogens (primary N) is 1. The summed E-state index contributed by atoms with van der Waals surface area (Å²) in [7, 11) is 0. The second-order valence-electron chi connectivity index (χ2n) is 4.79. The second-order valence-corrected chi connectivity index (χ2v) is 5.96. The molecule has 0 saturated carbocycles. The van der Waals surface area contributed by atoms with Gasteiger partial charge >= 0.3 is 0 Å². The number of carbonyl (C=O) groups excluding carboxylic acids is 1. The van der Waals surface area contributed by atoms with Gasteiger partial charge in [0.25, 0.3) is 0 Å². The van der Waals surface area contributed by atoms with Crippen molar-refractivity contribution in [3.63, 3.8) is 0 Å². The molecule has 1 heterocycles. The highest BCUT2D eigenvalue weighted by atomic mass is 32.2. The minimum absolute atomic E-state index is 0.127. The summed E-state index contributed by atoms with van der Waals surface area (Å²) in [5.74, 6) is 0.656. The van der Waals surface area contributed by atoms with Gasteiger partial charge in [-0.05, 0) is 37.1 Å². The van der Waals surface area contributed by atoms with E-state index in [1.54, 1.807) is 23.9 Å². The van der Waals surface area contributed by atoms with Gasteiger partial charge in [0.05, 0.1) is 0 Å². The molecule has 1 saturated heterocycles. The fourth-order valence-corrected chi connectivity index (χ4v) is 3.02. The highest BCUT2D eigenvalue weighted by Crippen LogP contribution is 2.19. The maximum absolute atomic E-state index is 12.7. The summed E-state index contributed by atoms with van der Waals surface area (Å²) in [6.45, 7) is 1.51. The van der Waals surface area contributed by atoms with E-state index in [0.717, 1.165) is 30.0 Å². The fourth-order valence-electron chi connectivity index (χ4n) is 2.18. The van der Waals surface area contributed by atoms with Gasteiger partial charge in [0.15, 0.2) is 0 Å². The summed E-state index contributed by atoms with van der Waals surface area (Å²) in [4.78, 5) is 14.8. The monoisotopic (exact) mass is 282 g/mol. The van der Waals surface area contributed by atoms with E-state index in [4.69, 9.17) is 5.73 Å². The number of rotatable bonds is 4. The number of thioether (sulfide) groups is 1. The average Bonchev–Trinajstić information content (AvgIpc) is 2.41. The molecule has 0 spiro atoms. The van der Waals surface area contributed by atoms with Crippen LogP contribution in [0.3, 0.4) is 0 Å². The molecular weight excluding hydrogens is 263 g/mol. The van der Waals surface area contributed by atoms with Crippen LogP contribution in [0.25, 0.3) is 0 Å². The number of amides is 1. The van der Waals surface area contributed by atoms with Gasteiger partial charge < -0.3 is 10.6 Å². The number of piperidine rings is 1. The van der Waals surface area contributed by atoms with Crippen LogP contribution in [0.2, 0.25) is 0 Å². The highest BCUT2D eigenvalue weighted by molar-refractivity contribution is 7.99. The largest absolute Gasteiger partial charge is 0.341 e. The van der Waals surface area contributed by atoms with Gasteiger partial charge in [-0.15, -0.1) is 11.8 Å². The standard InChI is InChI=1S/C14H19FN2OS/c15-11-3-5-13(6-4-11)19-9-7-14(18)17-8-1-2-12(16)10-17/h3-6,12H,1-2,7-10,16H2. The van der Waals surface area contributed by atoms with Crippen molar-refractivity contribution >= 4 is 17.7 Å². The van der Waals surface area contributed by atoms with Gasteiger partial charge in [-0.3, -0.25) is 4.79 Å². The predicted octanol–water partition coefficient (Wildman–Crippen LogP) is 2.26. The summed E-state index contributed by atoms with van der Waals surface area (Å²) >= 11 is 1.58. The Hall–Kier alpha value is -1.07. The van der Waals surface area contributed by atoms with Gasteiger partial charge in [0, 0.05) is 36.2 Å². The van der Waals surface area contributed by atoms with Crippen LogP contribution in [0.1, 0.15) is 19.3 Å². The van der Waals surface area contributed by atoms with Crippen molar-refractivity contribution in [3.05, 3.63) is 30.1 Å². The Kier molecular flexibility index (Phi) is 5.22. The Morgan fingerprint density at radius 3 is 2.84 bits per heavy atom. The van der Waals surface area contributed by atoms with Gasteiger partial charge in [-0.2, -0.15) is 0 Å². The molecule has 1 aliphatic heterocycles. The predicted molar refractivity (Wildman–Crippen MR) is 75.5 cm³/mol. The Bertz CT molecular complexity index is 424. The molecule has 2 rings (SSSR count). The molecule has 1 aromatic rings. The van der Waals surface area contributed by atoms with Gasteiger partial charge in [-0.1, -0.05) is 0 Å². The molecule has 3 nitrogen and oxygen atoms in total. The van der Waals surface area contributed by atoms with Gasteiger partial charge in [-0.25, -0.2) is 4.39 Å². The normalized spacial score (nSPS) is 19.5. The minimum Gasteiger partial charge on any atom is -0.341 e. The zero-order valence-electron chi connectivity index (χ0n) is 10.8. The van der Waals surface area contributed by atoms with Crippen molar-refractivity contribution in [1.29, 1.82) is 0 Å². The molecule has 1 unspecified atom stereocenters. The summed E-state index contributed by atoms with van der Waals surface area (Å²) in [6, 6.07) is 6.48. The molecule has 19 heavy (non-hydrogen) atoms. The summed E-state index contributed by atoms with van der Waals surface area (Å²) in [5.41, 5.74) is 5.86. The maximum Gasteiger partial charge on any atom is 0.223 e. The molecular formula is C14H19FN2OS.